The average molecular weight is 361 g/mol. The highest BCUT2D eigenvalue weighted by Crippen LogP contribution is 2.25. The molecule has 27 heavy (non-hydrogen) atoms. The third kappa shape index (κ3) is 4.64. The molecule has 5 heteroatoms. The molecule has 0 saturated heterocycles. The molecule has 0 atom stereocenters. The molecule has 5 nitrogen and oxygen atoms in total. The molecule has 0 unspecified atom stereocenters. The summed E-state index contributed by atoms with van der Waals surface area (Å²) in [6, 6.07) is 17.3. The number of benzene rings is 2. The van der Waals surface area contributed by atoms with E-state index in [1.54, 1.807) is 18.5 Å². The van der Waals surface area contributed by atoms with Gasteiger partial charge in [0.25, 0.3) is 5.91 Å². The highest BCUT2D eigenvalue weighted by Gasteiger charge is 2.11. The first-order valence-electron chi connectivity index (χ1n) is 9.04. The number of hydrogen-bond acceptors (Lipinski definition) is 4. The molecule has 3 rings (SSSR count). The lowest BCUT2D eigenvalue weighted by Gasteiger charge is -2.13. The Kier molecular flexibility index (Phi) is 6.05. The van der Waals surface area contributed by atoms with Crippen LogP contribution < -0.4 is 15.4 Å². The number of hydrogen-bond donors (Lipinski definition) is 2. The van der Waals surface area contributed by atoms with Gasteiger partial charge < -0.3 is 15.4 Å². The van der Waals surface area contributed by atoms with Crippen LogP contribution in [-0.2, 0) is 6.42 Å². The zero-order chi connectivity index (χ0) is 19.1. The Balaban J connectivity index is 1.78. The van der Waals surface area contributed by atoms with Crippen molar-refractivity contribution >= 4 is 23.0 Å². The molecule has 0 aliphatic rings. The quantitative estimate of drug-likeness (QED) is 0.619. The number of nitrogens with one attached hydrogen (secondary N) is 2. The van der Waals surface area contributed by atoms with Gasteiger partial charge >= 0.3 is 0 Å². The van der Waals surface area contributed by atoms with Crippen molar-refractivity contribution in [3.63, 3.8) is 0 Å². The van der Waals surface area contributed by atoms with Gasteiger partial charge in [0, 0.05) is 11.9 Å². The molecule has 3 aromatic rings. The molecule has 0 fully saturated rings. The zero-order valence-corrected chi connectivity index (χ0v) is 15.5. The maximum atomic E-state index is 12.7. The van der Waals surface area contributed by atoms with Crippen molar-refractivity contribution in [2.45, 2.75) is 20.3 Å². The summed E-state index contributed by atoms with van der Waals surface area (Å²) < 4.78 is 5.56. The second kappa shape index (κ2) is 8.85. The van der Waals surface area contributed by atoms with Crippen LogP contribution in [0.4, 0.5) is 17.1 Å². The van der Waals surface area contributed by atoms with Crippen molar-refractivity contribution in [3.05, 3.63) is 78.1 Å². The van der Waals surface area contributed by atoms with Gasteiger partial charge in [-0.1, -0.05) is 37.3 Å². The van der Waals surface area contributed by atoms with Crippen LogP contribution in [0.25, 0.3) is 0 Å². The fraction of sp³-hybridized carbons (Fsp3) is 0.182. The molecule has 2 aromatic carbocycles. The van der Waals surface area contributed by atoms with E-state index in [-0.39, 0.29) is 5.91 Å². The molecule has 0 radical (unpaired) electrons. The van der Waals surface area contributed by atoms with Crippen molar-refractivity contribution in [1.29, 1.82) is 0 Å². The highest BCUT2D eigenvalue weighted by atomic mass is 16.5. The minimum Gasteiger partial charge on any atom is -0.492 e. The van der Waals surface area contributed by atoms with E-state index >= 15 is 0 Å². The van der Waals surface area contributed by atoms with E-state index in [4.69, 9.17) is 4.74 Å². The number of nitrogens with zero attached hydrogens (tertiary/aromatic N) is 1. The van der Waals surface area contributed by atoms with Gasteiger partial charge in [-0.15, -0.1) is 0 Å². The number of carbonyl (C=O) groups excluding carboxylic acids is 1. The minimum absolute atomic E-state index is 0.234. The van der Waals surface area contributed by atoms with Crippen LogP contribution in [0.15, 0.2) is 67.0 Å². The van der Waals surface area contributed by atoms with E-state index in [2.05, 4.69) is 28.6 Å². The standard InChI is InChI=1S/C22H23N3O2/c1-3-16-9-5-6-10-19(16)24-18-13-17(14-23-15-18)22(26)25-20-11-7-8-12-21(20)27-4-2/h5-15,24H,3-4H2,1-2H3,(H,25,26). The number of pyridine rings is 1. The largest absolute Gasteiger partial charge is 0.492 e. The maximum absolute atomic E-state index is 12.7. The second-order valence-corrected chi connectivity index (χ2v) is 5.98. The third-order valence-electron chi connectivity index (χ3n) is 4.11. The van der Waals surface area contributed by atoms with E-state index in [1.807, 2.05) is 49.4 Å². The van der Waals surface area contributed by atoms with Crippen molar-refractivity contribution < 1.29 is 9.53 Å². The number of rotatable bonds is 7. The summed E-state index contributed by atoms with van der Waals surface area (Å²) in [5.74, 6) is 0.412. The second-order valence-electron chi connectivity index (χ2n) is 5.98. The third-order valence-corrected chi connectivity index (χ3v) is 4.11. The van der Waals surface area contributed by atoms with Crippen molar-refractivity contribution in [1.82, 2.24) is 4.98 Å². The summed E-state index contributed by atoms with van der Waals surface area (Å²) in [6.45, 7) is 4.55. The van der Waals surface area contributed by atoms with Crippen LogP contribution in [0, 0.1) is 0 Å². The van der Waals surface area contributed by atoms with E-state index < -0.39 is 0 Å². The SMILES string of the molecule is CCOc1ccccc1NC(=O)c1cncc(Nc2ccccc2CC)c1. The highest BCUT2D eigenvalue weighted by molar-refractivity contribution is 6.05. The monoisotopic (exact) mass is 361 g/mol. The Hall–Kier alpha value is -3.34. The van der Waals surface area contributed by atoms with E-state index in [9.17, 15) is 4.79 Å². The number of anilines is 3. The Labute approximate surface area is 159 Å². The molecular formula is C22H23N3O2. The summed E-state index contributed by atoms with van der Waals surface area (Å²) in [7, 11) is 0. The van der Waals surface area contributed by atoms with Crippen molar-refractivity contribution in [2.75, 3.05) is 17.2 Å². The molecule has 0 spiro atoms. The molecule has 1 amide bonds. The Morgan fingerprint density at radius 2 is 1.74 bits per heavy atom. The molecule has 0 bridgehead atoms. The Morgan fingerprint density at radius 1 is 1.00 bits per heavy atom. The van der Waals surface area contributed by atoms with E-state index in [0.29, 0.717) is 23.6 Å². The summed E-state index contributed by atoms with van der Waals surface area (Å²) in [4.78, 5) is 16.9. The van der Waals surface area contributed by atoms with Gasteiger partial charge in [0.1, 0.15) is 5.75 Å². The van der Waals surface area contributed by atoms with Crippen LogP contribution in [0.1, 0.15) is 29.8 Å². The molecule has 0 aliphatic heterocycles. The molecular weight excluding hydrogens is 338 g/mol. The molecule has 1 heterocycles. The van der Waals surface area contributed by atoms with Gasteiger partial charge in [-0.2, -0.15) is 0 Å². The van der Waals surface area contributed by atoms with Crippen LogP contribution in [0.2, 0.25) is 0 Å². The van der Waals surface area contributed by atoms with Crippen molar-refractivity contribution in [3.8, 4) is 5.75 Å². The minimum atomic E-state index is -0.234. The lowest BCUT2D eigenvalue weighted by molar-refractivity contribution is 0.102. The smallest absolute Gasteiger partial charge is 0.257 e. The molecule has 0 aliphatic carbocycles. The van der Waals surface area contributed by atoms with Gasteiger partial charge in [-0.25, -0.2) is 0 Å². The summed E-state index contributed by atoms with van der Waals surface area (Å²) >= 11 is 0. The molecule has 0 saturated carbocycles. The number of para-hydroxylation sites is 3. The summed E-state index contributed by atoms with van der Waals surface area (Å²) in [5.41, 5.74) is 4.10. The predicted octanol–water partition coefficient (Wildman–Crippen LogP) is 5.04. The lowest BCUT2D eigenvalue weighted by Crippen LogP contribution is -2.13. The molecule has 138 valence electrons. The fourth-order valence-corrected chi connectivity index (χ4v) is 2.78. The van der Waals surface area contributed by atoms with Gasteiger partial charge in [0.05, 0.1) is 29.7 Å². The molecule has 2 N–H and O–H groups in total. The molecule has 1 aromatic heterocycles. The topological polar surface area (TPSA) is 63.2 Å². The van der Waals surface area contributed by atoms with Gasteiger partial charge in [-0.3, -0.25) is 9.78 Å². The maximum Gasteiger partial charge on any atom is 0.257 e. The first kappa shape index (κ1) is 18.5. The predicted molar refractivity (Wildman–Crippen MR) is 109 cm³/mol. The average Bonchev–Trinajstić information content (AvgIpc) is 2.70. The van der Waals surface area contributed by atoms with E-state index in [1.165, 1.54) is 5.56 Å². The summed E-state index contributed by atoms with van der Waals surface area (Å²) in [6.07, 6.45) is 4.18. The first-order chi connectivity index (χ1) is 13.2. The summed E-state index contributed by atoms with van der Waals surface area (Å²) in [5, 5.41) is 6.24. The van der Waals surface area contributed by atoms with E-state index in [0.717, 1.165) is 17.8 Å². The number of amides is 1. The number of aromatic nitrogens is 1. The van der Waals surface area contributed by atoms with Crippen molar-refractivity contribution in [2.24, 2.45) is 0 Å². The van der Waals surface area contributed by atoms with Crippen LogP contribution in [0.3, 0.4) is 0 Å². The fourth-order valence-electron chi connectivity index (χ4n) is 2.78. The Morgan fingerprint density at radius 3 is 2.52 bits per heavy atom. The van der Waals surface area contributed by atoms with Gasteiger partial charge in [0.15, 0.2) is 0 Å². The zero-order valence-electron chi connectivity index (χ0n) is 15.5. The van der Waals surface area contributed by atoms with Crippen LogP contribution in [0.5, 0.6) is 5.75 Å². The van der Waals surface area contributed by atoms with Gasteiger partial charge in [0.2, 0.25) is 0 Å². The van der Waals surface area contributed by atoms with Gasteiger partial charge in [-0.05, 0) is 43.2 Å². The number of ether oxygens (including phenoxy) is 1. The number of aryl methyl sites for hydroxylation is 1. The normalized spacial score (nSPS) is 10.3. The number of carbonyl (C=O) groups is 1. The lowest BCUT2D eigenvalue weighted by atomic mass is 10.1. The first-order valence-corrected chi connectivity index (χ1v) is 9.04. The van der Waals surface area contributed by atoms with Crippen LogP contribution in [-0.4, -0.2) is 17.5 Å². The van der Waals surface area contributed by atoms with Crippen LogP contribution >= 0.6 is 0 Å². The Bertz CT molecular complexity index is 925.